The minimum Gasteiger partial charge on any atom is -0.481 e. The number of ether oxygens (including phenoxy) is 1. The average Bonchev–Trinajstić information content (AvgIpc) is 3.50. The lowest BCUT2D eigenvalue weighted by atomic mass is 9.95. The molecule has 0 unspecified atom stereocenters. The third-order valence-electron chi connectivity index (χ3n) is 6.11. The molecule has 0 bridgehead atoms. The van der Waals surface area contributed by atoms with Crippen LogP contribution in [0.4, 0.5) is 5.82 Å². The highest BCUT2D eigenvalue weighted by Gasteiger charge is 2.19. The van der Waals surface area contributed by atoms with Gasteiger partial charge in [-0.2, -0.15) is 5.10 Å². The maximum Gasteiger partial charge on any atom is 0.300 e. The highest BCUT2D eigenvalue weighted by Crippen LogP contribution is 2.34. The van der Waals surface area contributed by atoms with Crippen molar-refractivity contribution >= 4 is 33.9 Å². The fraction of sp³-hybridized carbons (Fsp3) is 0.259. The van der Waals surface area contributed by atoms with Gasteiger partial charge in [-0.25, -0.2) is 9.97 Å². The Morgan fingerprint density at radius 1 is 1.06 bits per heavy atom. The molecular formula is C27H28N6O3. The molecule has 2 aromatic carbocycles. The SMILES string of the molecule is CC(=O)O.c1ccc2[nH]c(-c3ccc(Oc4ccnc5[nH]nc(NC6CCCCC6)c45)cc3)nc2c1. The van der Waals surface area contributed by atoms with E-state index in [-0.39, 0.29) is 0 Å². The van der Waals surface area contributed by atoms with Crippen LogP contribution in [0.3, 0.4) is 0 Å². The van der Waals surface area contributed by atoms with Crippen LogP contribution in [0.5, 0.6) is 11.5 Å². The highest BCUT2D eigenvalue weighted by molar-refractivity contribution is 5.93. The summed E-state index contributed by atoms with van der Waals surface area (Å²) in [4.78, 5) is 21.5. The van der Waals surface area contributed by atoms with Crippen LogP contribution in [0.15, 0.2) is 60.8 Å². The number of imidazole rings is 1. The quantitative estimate of drug-likeness (QED) is 0.236. The van der Waals surface area contributed by atoms with E-state index in [9.17, 15) is 0 Å². The van der Waals surface area contributed by atoms with Crippen molar-refractivity contribution in [3.63, 3.8) is 0 Å². The van der Waals surface area contributed by atoms with Gasteiger partial charge in [-0.15, -0.1) is 0 Å². The lowest BCUT2D eigenvalue weighted by Crippen LogP contribution is -2.22. The molecule has 36 heavy (non-hydrogen) atoms. The third-order valence-corrected chi connectivity index (χ3v) is 6.11. The molecule has 3 heterocycles. The molecule has 3 aromatic heterocycles. The number of fused-ring (bicyclic) bond motifs is 2. The first kappa shape index (κ1) is 23.3. The Labute approximate surface area is 207 Å². The number of carbonyl (C=O) groups is 1. The maximum atomic E-state index is 9.00. The summed E-state index contributed by atoms with van der Waals surface area (Å²) in [7, 11) is 0. The summed E-state index contributed by atoms with van der Waals surface area (Å²) >= 11 is 0. The fourth-order valence-corrected chi connectivity index (χ4v) is 4.45. The van der Waals surface area contributed by atoms with Crippen LogP contribution in [0.25, 0.3) is 33.5 Å². The molecule has 5 aromatic rings. The van der Waals surface area contributed by atoms with Gasteiger partial charge in [0, 0.05) is 30.8 Å². The summed E-state index contributed by atoms with van der Waals surface area (Å²) in [6, 6.07) is 18.3. The molecule has 1 saturated carbocycles. The lowest BCUT2D eigenvalue weighted by Gasteiger charge is -2.22. The Morgan fingerprint density at radius 3 is 2.56 bits per heavy atom. The van der Waals surface area contributed by atoms with Crippen molar-refractivity contribution < 1.29 is 14.6 Å². The van der Waals surface area contributed by atoms with Crippen LogP contribution in [0.1, 0.15) is 39.0 Å². The summed E-state index contributed by atoms with van der Waals surface area (Å²) in [5.41, 5.74) is 3.72. The van der Waals surface area contributed by atoms with Gasteiger partial charge in [0.25, 0.3) is 5.97 Å². The van der Waals surface area contributed by atoms with Gasteiger partial charge in [0.15, 0.2) is 11.5 Å². The topological polar surface area (TPSA) is 129 Å². The fourth-order valence-electron chi connectivity index (χ4n) is 4.45. The number of anilines is 1. The second-order valence-corrected chi connectivity index (χ2v) is 8.83. The molecule has 6 rings (SSSR count). The molecule has 4 N–H and O–H groups in total. The predicted molar refractivity (Wildman–Crippen MR) is 139 cm³/mol. The largest absolute Gasteiger partial charge is 0.481 e. The van der Waals surface area contributed by atoms with E-state index in [1.165, 1.54) is 32.1 Å². The standard InChI is InChI=1S/C25H24N6O.C2H4O2/c1-2-6-17(7-3-1)27-25-22-21(14-15-26-24(22)30-31-25)32-18-12-10-16(11-13-18)23-28-19-8-4-5-9-20(19)29-23;1-2(3)4/h4-5,8-15,17H,1-3,6-7H2,(H,28,29)(H2,26,27,30,31);1H3,(H,3,4). The van der Waals surface area contributed by atoms with Crippen molar-refractivity contribution in [2.45, 2.75) is 45.1 Å². The van der Waals surface area contributed by atoms with E-state index in [0.717, 1.165) is 57.7 Å². The van der Waals surface area contributed by atoms with Crippen LogP contribution in [-0.2, 0) is 4.79 Å². The molecule has 9 heteroatoms. The van der Waals surface area contributed by atoms with Gasteiger partial charge in [-0.3, -0.25) is 9.89 Å². The Bertz CT molecular complexity index is 1430. The van der Waals surface area contributed by atoms with Crippen LogP contribution >= 0.6 is 0 Å². The van der Waals surface area contributed by atoms with Crippen LogP contribution in [0.2, 0.25) is 0 Å². The van der Waals surface area contributed by atoms with Gasteiger partial charge in [-0.1, -0.05) is 31.4 Å². The molecule has 9 nitrogen and oxygen atoms in total. The Balaban J connectivity index is 0.000000623. The zero-order chi connectivity index (χ0) is 24.9. The van der Waals surface area contributed by atoms with Gasteiger partial charge in [0.05, 0.1) is 11.0 Å². The van der Waals surface area contributed by atoms with E-state index in [0.29, 0.717) is 6.04 Å². The third kappa shape index (κ3) is 5.30. The summed E-state index contributed by atoms with van der Waals surface area (Å²) < 4.78 is 6.26. The molecule has 0 radical (unpaired) electrons. The number of nitrogens with one attached hydrogen (secondary N) is 3. The predicted octanol–water partition coefficient (Wildman–Crippen LogP) is 6.13. The van der Waals surface area contributed by atoms with Gasteiger partial charge >= 0.3 is 0 Å². The Hall–Kier alpha value is -4.40. The van der Waals surface area contributed by atoms with E-state index in [1.54, 1.807) is 6.20 Å². The summed E-state index contributed by atoms with van der Waals surface area (Å²) in [6.07, 6.45) is 7.93. The van der Waals surface area contributed by atoms with Gasteiger partial charge in [0.1, 0.15) is 22.7 Å². The molecule has 0 aliphatic heterocycles. The van der Waals surface area contributed by atoms with E-state index in [2.05, 4.69) is 30.5 Å². The zero-order valence-corrected chi connectivity index (χ0v) is 20.0. The number of pyridine rings is 1. The smallest absolute Gasteiger partial charge is 0.300 e. The first-order valence-electron chi connectivity index (χ1n) is 12.1. The van der Waals surface area contributed by atoms with Crippen LogP contribution in [-0.4, -0.2) is 42.3 Å². The molecule has 1 fully saturated rings. The second-order valence-electron chi connectivity index (χ2n) is 8.83. The summed E-state index contributed by atoms with van der Waals surface area (Å²) in [6.45, 7) is 1.08. The van der Waals surface area contributed by atoms with Gasteiger partial charge in [0.2, 0.25) is 0 Å². The van der Waals surface area contributed by atoms with Crippen molar-refractivity contribution in [2.24, 2.45) is 0 Å². The first-order valence-corrected chi connectivity index (χ1v) is 12.1. The van der Waals surface area contributed by atoms with Crippen molar-refractivity contribution in [1.82, 2.24) is 25.1 Å². The number of nitrogens with zero attached hydrogens (tertiary/aromatic N) is 3. The summed E-state index contributed by atoms with van der Waals surface area (Å²) in [5, 5.41) is 19.4. The second kappa shape index (κ2) is 10.5. The monoisotopic (exact) mass is 484 g/mol. The number of rotatable bonds is 5. The number of hydrogen-bond donors (Lipinski definition) is 4. The lowest BCUT2D eigenvalue weighted by molar-refractivity contribution is -0.134. The number of H-pyrrole nitrogens is 2. The van der Waals surface area contributed by atoms with Crippen LogP contribution in [0, 0.1) is 0 Å². The number of carboxylic acid groups (broad SMARTS) is 1. The van der Waals surface area contributed by atoms with Crippen LogP contribution < -0.4 is 10.1 Å². The normalized spacial score (nSPS) is 13.8. The van der Waals surface area contributed by atoms with Gasteiger partial charge in [-0.05, 0) is 49.2 Å². The van der Waals surface area contributed by atoms with Crippen molar-refractivity contribution in [3.05, 3.63) is 60.8 Å². The molecule has 184 valence electrons. The van der Waals surface area contributed by atoms with E-state index >= 15 is 0 Å². The molecule has 0 amide bonds. The molecule has 0 spiro atoms. The molecule has 0 saturated heterocycles. The number of carboxylic acids is 1. The number of para-hydroxylation sites is 2. The molecule has 1 aliphatic rings. The maximum absolute atomic E-state index is 9.00. The summed E-state index contributed by atoms with van der Waals surface area (Å²) in [5.74, 6) is 2.31. The van der Waals surface area contributed by atoms with E-state index < -0.39 is 5.97 Å². The minimum absolute atomic E-state index is 0.450. The van der Waals surface area contributed by atoms with Gasteiger partial charge < -0.3 is 20.1 Å². The van der Waals surface area contributed by atoms with E-state index in [4.69, 9.17) is 14.6 Å². The Morgan fingerprint density at radius 2 is 1.81 bits per heavy atom. The number of benzene rings is 2. The van der Waals surface area contributed by atoms with Crippen molar-refractivity contribution in [2.75, 3.05) is 5.32 Å². The molecule has 0 atom stereocenters. The number of aliphatic carboxylic acids is 1. The molecular weight excluding hydrogens is 456 g/mol. The molecule has 1 aliphatic carbocycles. The zero-order valence-electron chi connectivity index (χ0n) is 20.0. The number of hydrogen-bond acceptors (Lipinski definition) is 6. The average molecular weight is 485 g/mol. The minimum atomic E-state index is -0.833. The van der Waals surface area contributed by atoms with Crippen molar-refractivity contribution in [1.29, 1.82) is 0 Å². The number of aromatic nitrogens is 5. The van der Waals surface area contributed by atoms with Crippen molar-refractivity contribution in [3.8, 4) is 22.9 Å². The highest BCUT2D eigenvalue weighted by atomic mass is 16.5. The van der Waals surface area contributed by atoms with E-state index in [1.807, 2.05) is 54.6 Å². The Kier molecular flexibility index (Phi) is 6.79. The number of aromatic amines is 2. The first-order chi connectivity index (χ1) is 17.6.